The maximum Gasteiger partial charge on any atom is 0.323 e. The number of nitrogens with zero attached hydrogens (tertiary/aromatic N) is 1. The van der Waals surface area contributed by atoms with Gasteiger partial charge in [0.15, 0.2) is 0 Å². The molecule has 2 N–H and O–H groups in total. The normalized spacial score (nSPS) is 40.5. The van der Waals surface area contributed by atoms with Crippen LogP contribution in [-0.4, -0.2) is 59.9 Å². The summed E-state index contributed by atoms with van der Waals surface area (Å²) >= 11 is 0. The predicted molar refractivity (Wildman–Crippen MR) is 73.3 cm³/mol. The van der Waals surface area contributed by atoms with E-state index in [-0.39, 0.29) is 6.10 Å². The topological polar surface area (TPSA) is 61.8 Å². The molecule has 0 spiro atoms. The highest BCUT2D eigenvalue weighted by Crippen LogP contribution is 2.35. The molecule has 0 aromatic heterocycles. The van der Waals surface area contributed by atoms with Gasteiger partial charge in [0.2, 0.25) is 0 Å². The molecule has 1 aliphatic carbocycles. The van der Waals surface area contributed by atoms with E-state index >= 15 is 0 Å². The third-order valence-corrected chi connectivity index (χ3v) is 4.83. The fourth-order valence-electron chi connectivity index (χ4n) is 3.50. The van der Waals surface area contributed by atoms with E-state index in [1.165, 1.54) is 0 Å². The SMILES string of the molecule is CCC1COC(C)CN1C1CCC(NC)(C(=O)O)C1. The van der Waals surface area contributed by atoms with E-state index in [1.807, 2.05) is 0 Å². The molecule has 4 unspecified atom stereocenters. The number of likely N-dealkylation sites (N-methyl/N-ethyl adjacent to an activating group) is 1. The van der Waals surface area contributed by atoms with E-state index in [0.29, 0.717) is 24.9 Å². The van der Waals surface area contributed by atoms with Gasteiger partial charge in [-0.05, 0) is 39.7 Å². The summed E-state index contributed by atoms with van der Waals surface area (Å²) in [6.45, 7) is 5.96. The number of hydrogen-bond donors (Lipinski definition) is 2. The first-order chi connectivity index (χ1) is 9.02. The van der Waals surface area contributed by atoms with Crippen LogP contribution in [0, 0.1) is 0 Å². The Bertz CT molecular complexity index is 337. The van der Waals surface area contributed by atoms with Gasteiger partial charge in [-0.15, -0.1) is 0 Å². The lowest BCUT2D eigenvalue weighted by Crippen LogP contribution is -2.54. The van der Waals surface area contributed by atoms with Gasteiger partial charge in [-0.3, -0.25) is 9.69 Å². The third-order valence-electron chi connectivity index (χ3n) is 4.83. The van der Waals surface area contributed by atoms with Crippen molar-refractivity contribution >= 4 is 5.97 Å². The minimum atomic E-state index is -0.732. The number of nitrogens with one attached hydrogen (secondary N) is 1. The largest absolute Gasteiger partial charge is 0.480 e. The van der Waals surface area contributed by atoms with Crippen LogP contribution in [0.4, 0.5) is 0 Å². The smallest absolute Gasteiger partial charge is 0.323 e. The molecular formula is C14H26N2O3. The van der Waals surface area contributed by atoms with Crippen LogP contribution in [0.3, 0.4) is 0 Å². The van der Waals surface area contributed by atoms with Crippen molar-refractivity contribution in [3.8, 4) is 0 Å². The van der Waals surface area contributed by atoms with Crippen LogP contribution in [0.15, 0.2) is 0 Å². The number of rotatable bonds is 4. The predicted octanol–water partition coefficient (Wildman–Crippen LogP) is 1.08. The molecule has 1 saturated carbocycles. The lowest BCUT2D eigenvalue weighted by atomic mass is 9.97. The van der Waals surface area contributed by atoms with E-state index in [2.05, 4.69) is 24.1 Å². The van der Waals surface area contributed by atoms with Crippen LogP contribution in [-0.2, 0) is 9.53 Å². The molecule has 2 rings (SSSR count). The maximum absolute atomic E-state index is 11.5. The third kappa shape index (κ3) is 2.78. The maximum atomic E-state index is 11.5. The first-order valence-electron chi connectivity index (χ1n) is 7.32. The van der Waals surface area contributed by atoms with E-state index in [0.717, 1.165) is 26.0 Å². The molecule has 0 amide bonds. The molecule has 0 radical (unpaired) electrons. The van der Waals surface area contributed by atoms with Crippen molar-refractivity contribution in [2.45, 2.75) is 63.3 Å². The number of morpholine rings is 1. The molecule has 0 aromatic carbocycles. The van der Waals surface area contributed by atoms with Crippen LogP contribution >= 0.6 is 0 Å². The highest BCUT2D eigenvalue weighted by molar-refractivity contribution is 5.79. The van der Waals surface area contributed by atoms with Crippen LogP contribution in [0.1, 0.15) is 39.5 Å². The molecule has 1 aliphatic heterocycles. The molecule has 0 bridgehead atoms. The van der Waals surface area contributed by atoms with Gasteiger partial charge in [-0.1, -0.05) is 6.92 Å². The van der Waals surface area contributed by atoms with Gasteiger partial charge >= 0.3 is 5.97 Å². The quantitative estimate of drug-likeness (QED) is 0.800. The van der Waals surface area contributed by atoms with Crippen LogP contribution in [0.25, 0.3) is 0 Å². The molecule has 1 saturated heterocycles. The standard InChI is InChI=1S/C14H26N2O3/c1-4-11-9-19-10(2)8-16(11)12-5-6-14(7-12,15-3)13(17)18/h10-12,15H,4-9H2,1-3H3,(H,17,18). The van der Waals surface area contributed by atoms with Crippen molar-refractivity contribution in [3.05, 3.63) is 0 Å². The summed E-state index contributed by atoms with van der Waals surface area (Å²) in [6.07, 6.45) is 3.67. The minimum Gasteiger partial charge on any atom is -0.480 e. The van der Waals surface area contributed by atoms with Crippen molar-refractivity contribution in [1.29, 1.82) is 0 Å². The number of carbonyl (C=O) groups is 1. The van der Waals surface area contributed by atoms with E-state index < -0.39 is 11.5 Å². The summed E-state index contributed by atoms with van der Waals surface area (Å²) in [5.41, 5.74) is -0.732. The van der Waals surface area contributed by atoms with Crippen molar-refractivity contribution in [3.63, 3.8) is 0 Å². The molecule has 1 heterocycles. The van der Waals surface area contributed by atoms with Crippen LogP contribution < -0.4 is 5.32 Å². The monoisotopic (exact) mass is 270 g/mol. The first kappa shape index (κ1) is 14.8. The number of hydrogen-bond acceptors (Lipinski definition) is 4. The van der Waals surface area contributed by atoms with Crippen molar-refractivity contribution in [1.82, 2.24) is 10.2 Å². The Balaban J connectivity index is 2.08. The molecule has 5 nitrogen and oxygen atoms in total. The molecular weight excluding hydrogens is 244 g/mol. The fraction of sp³-hybridized carbons (Fsp3) is 0.929. The summed E-state index contributed by atoms with van der Waals surface area (Å²) in [6, 6.07) is 0.794. The average Bonchev–Trinajstić information content (AvgIpc) is 2.84. The van der Waals surface area contributed by atoms with Crippen molar-refractivity contribution in [2.75, 3.05) is 20.2 Å². The Morgan fingerprint density at radius 1 is 1.58 bits per heavy atom. The van der Waals surface area contributed by atoms with Gasteiger partial charge in [0.25, 0.3) is 0 Å². The average molecular weight is 270 g/mol. The second-order valence-electron chi connectivity index (χ2n) is 5.94. The molecule has 0 aromatic rings. The molecule has 110 valence electrons. The number of carboxylic acids is 1. The van der Waals surface area contributed by atoms with Gasteiger partial charge in [0.05, 0.1) is 12.7 Å². The van der Waals surface area contributed by atoms with E-state index in [4.69, 9.17) is 4.74 Å². The minimum absolute atomic E-state index is 0.247. The molecule has 19 heavy (non-hydrogen) atoms. The zero-order chi connectivity index (χ0) is 14.0. The van der Waals surface area contributed by atoms with E-state index in [9.17, 15) is 9.90 Å². The fourth-order valence-corrected chi connectivity index (χ4v) is 3.50. The van der Waals surface area contributed by atoms with Gasteiger partial charge in [0.1, 0.15) is 5.54 Å². The molecule has 2 aliphatic rings. The van der Waals surface area contributed by atoms with Crippen molar-refractivity contribution in [2.24, 2.45) is 0 Å². The lowest BCUT2D eigenvalue weighted by Gasteiger charge is -2.42. The molecule has 5 heteroatoms. The number of aliphatic carboxylic acids is 1. The summed E-state index contributed by atoms with van der Waals surface area (Å²) in [5.74, 6) is -0.716. The molecule has 4 atom stereocenters. The Hall–Kier alpha value is -0.650. The summed E-state index contributed by atoms with van der Waals surface area (Å²) in [7, 11) is 1.76. The second kappa shape index (κ2) is 5.77. The van der Waals surface area contributed by atoms with Gasteiger partial charge in [-0.2, -0.15) is 0 Å². The van der Waals surface area contributed by atoms with Gasteiger partial charge < -0.3 is 15.2 Å². The lowest BCUT2D eigenvalue weighted by molar-refractivity contribution is -0.144. The van der Waals surface area contributed by atoms with Crippen molar-refractivity contribution < 1.29 is 14.6 Å². The first-order valence-corrected chi connectivity index (χ1v) is 7.32. The second-order valence-corrected chi connectivity index (χ2v) is 5.94. The highest BCUT2D eigenvalue weighted by Gasteiger charge is 2.47. The highest BCUT2D eigenvalue weighted by atomic mass is 16.5. The van der Waals surface area contributed by atoms with Gasteiger partial charge in [-0.25, -0.2) is 0 Å². The Morgan fingerprint density at radius 3 is 2.84 bits per heavy atom. The Labute approximate surface area is 115 Å². The number of ether oxygens (including phenoxy) is 1. The zero-order valence-electron chi connectivity index (χ0n) is 12.2. The van der Waals surface area contributed by atoms with Crippen LogP contribution in [0.5, 0.6) is 0 Å². The van der Waals surface area contributed by atoms with Crippen LogP contribution in [0.2, 0.25) is 0 Å². The summed E-state index contributed by atoms with van der Waals surface area (Å²) in [5, 5.41) is 12.5. The Kier molecular flexibility index (Phi) is 4.48. The van der Waals surface area contributed by atoms with Gasteiger partial charge in [0, 0.05) is 18.6 Å². The summed E-state index contributed by atoms with van der Waals surface area (Å²) < 4.78 is 5.72. The number of carboxylic acid groups (broad SMARTS) is 1. The Morgan fingerprint density at radius 2 is 2.32 bits per heavy atom. The van der Waals surface area contributed by atoms with E-state index in [1.54, 1.807) is 7.05 Å². The molecule has 2 fully saturated rings. The summed E-state index contributed by atoms with van der Waals surface area (Å²) in [4.78, 5) is 14.0. The zero-order valence-corrected chi connectivity index (χ0v) is 12.2.